The molecule has 0 aliphatic heterocycles. The molecule has 1 fully saturated rings. The van der Waals surface area contributed by atoms with Crippen LogP contribution in [0, 0.1) is 0 Å². The molecule has 2 N–H and O–H groups in total. The number of carbonyl (C=O) groups is 1. The fourth-order valence-corrected chi connectivity index (χ4v) is 2.34. The Labute approximate surface area is 108 Å². The molecule has 0 saturated heterocycles. The molecule has 0 bridgehead atoms. The van der Waals surface area contributed by atoms with Gasteiger partial charge in [-0.1, -0.05) is 15.9 Å². The van der Waals surface area contributed by atoms with Crippen LogP contribution in [0.25, 0.3) is 0 Å². The SMILES string of the molecule is O=C(O)N[C@H]1CCC[C@H]1Oc1ccc(Br)cc1. The smallest absolute Gasteiger partial charge is 0.405 e. The monoisotopic (exact) mass is 299 g/mol. The van der Waals surface area contributed by atoms with Crippen LogP contribution in [0.4, 0.5) is 4.79 Å². The number of rotatable bonds is 3. The summed E-state index contributed by atoms with van der Waals surface area (Å²) in [6.45, 7) is 0. The maximum Gasteiger partial charge on any atom is 0.405 e. The first-order valence-corrected chi connectivity index (χ1v) is 6.36. The summed E-state index contributed by atoms with van der Waals surface area (Å²) in [6, 6.07) is 7.46. The molecule has 4 nitrogen and oxygen atoms in total. The van der Waals surface area contributed by atoms with Crippen molar-refractivity contribution in [1.82, 2.24) is 5.32 Å². The van der Waals surface area contributed by atoms with E-state index in [1.165, 1.54) is 0 Å². The molecule has 2 atom stereocenters. The Morgan fingerprint density at radius 3 is 2.71 bits per heavy atom. The minimum absolute atomic E-state index is 0.0627. The van der Waals surface area contributed by atoms with Crippen LogP contribution in [0.2, 0.25) is 0 Å². The summed E-state index contributed by atoms with van der Waals surface area (Å²) in [4.78, 5) is 10.6. The maximum atomic E-state index is 10.6. The lowest BCUT2D eigenvalue weighted by Gasteiger charge is -2.21. The van der Waals surface area contributed by atoms with Gasteiger partial charge in [0.05, 0.1) is 6.04 Å². The predicted octanol–water partition coefficient (Wildman–Crippen LogP) is 3.02. The number of ether oxygens (including phenoxy) is 1. The van der Waals surface area contributed by atoms with Crippen LogP contribution in [-0.4, -0.2) is 23.3 Å². The van der Waals surface area contributed by atoms with Crippen molar-refractivity contribution >= 4 is 22.0 Å². The van der Waals surface area contributed by atoms with Gasteiger partial charge in [0, 0.05) is 4.47 Å². The van der Waals surface area contributed by atoms with Crippen molar-refractivity contribution in [3.05, 3.63) is 28.7 Å². The van der Waals surface area contributed by atoms with E-state index in [1.54, 1.807) is 0 Å². The van der Waals surface area contributed by atoms with Gasteiger partial charge in [0.25, 0.3) is 0 Å². The van der Waals surface area contributed by atoms with E-state index in [-0.39, 0.29) is 12.1 Å². The van der Waals surface area contributed by atoms with E-state index in [1.807, 2.05) is 24.3 Å². The number of hydrogen-bond acceptors (Lipinski definition) is 2. The Hall–Kier alpha value is -1.23. The second-order valence-corrected chi connectivity index (χ2v) is 5.01. The van der Waals surface area contributed by atoms with E-state index in [2.05, 4.69) is 21.2 Å². The zero-order valence-electron chi connectivity index (χ0n) is 9.23. The highest BCUT2D eigenvalue weighted by Gasteiger charge is 2.30. The lowest BCUT2D eigenvalue weighted by molar-refractivity contribution is 0.155. The van der Waals surface area contributed by atoms with E-state index in [9.17, 15) is 4.79 Å². The van der Waals surface area contributed by atoms with Crippen LogP contribution in [0.15, 0.2) is 28.7 Å². The summed E-state index contributed by atoms with van der Waals surface area (Å²) in [5.41, 5.74) is 0. The molecule has 0 heterocycles. The van der Waals surface area contributed by atoms with Gasteiger partial charge in [0.15, 0.2) is 0 Å². The van der Waals surface area contributed by atoms with Gasteiger partial charge < -0.3 is 15.2 Å². The van der Waals surface area contributed by atoms with Crippen molar-refractivity contribution < 1.29 is 14.6 Å². The van der Waals surface area contributed by atoms with Crippen molar-refractivity contribution in [2.45, 2.75) is 31.4 Å². The van der Waals surface area contributed by atoms with Crippen LogP contribution < -0.4 is 10.1 Å². The van der Waals surface area contributed by atoms with Crippen molar-refractivity contribution in [3.8, 4) is 5.75 Å². The maximum absolute atomic E-state index is 10.6. The minimum Gasteiger partial charge on any atom is -0.488 e. The largest absolute Gasteiger partial charge is 0.488 e. The van der Waals surface area contributed by atoms with Crippen LogP contribution in [0.1, 0.15) is 19.3 Å². The summed E-state index contributed by atoms with van der Waals surface area (Å²) in [5.74, 6) is 0.775. The first-order valence-electron chi connectivity index (χ1n) is 5.57. The predicted molar refractivity (Wildman–Crippen MR) is 67.4 cm³/mol. The first kappa shape index (κ1) is 12.2. The average molecular weight is 300 g/mol. The number of nitrogens with one attached hydrogen (secondary N) is 1. The Morgan fingerprint density at radius 2 is 2.06 bits per heavy atom. The van der Waals surface area contributed by atoms with E-state index in [4.69, 9.17) is 9.84 Å². The van der Waals surface area contributed by atoms with Crippen molar-refractivity contribution in [2.24, 2.45) is 0 Å². The molecule has 5 heteroatoms. The van der Waals surface area contributed by atoms with Crippen LogP contribution in [-0.2, 0) is 0 Å². The molecular weight excluding hydrogens is 286 g/mol. The highest BCUT2D eigenvalue weighted by molar-refractivity contribution is 9.10. The standard InChI is InChI=1S/C12H14BrNO3/c13-8-4-6-9(7-5-8)17-11-3-1-2-10(11)14-12(15)16/h4-7,10-11,14H,1-3H2,(H,15,16)/t10-,11+/m0/s1. The van der Waals surface area contributed by atoms with E-state index >= 15 is 0 Å². The second kappa shape index (κ2) is 5.40. The number of amides is 1. The summed E-state index contributed by atoms with van der Waals surface area (Å²) in [7, 11) is 0. The molecule has 1 saturated carbocycles. The molecular formula is C12H14BrNO3. The summed E-state index contributed by atoms with van der Waals surface area (Å²) in [6.07, 6.45) is 1.68. The molecule has 0 unspecified atom stereocenters. The Morgan fingerprint density at radius 1 is 1.35 bits per heavy atom. The summed E-state index contributed by atoms with van der Waals surface area (Å²) in [5, 5.41) is 11.2. The average Bonchev–Trinajstić information content (AvgIpc) is 2.68. The first-order chi connectivity index (χ1) is 8.15. The fourth-order valence-electron chi connectivity index (χ4n) is 2.08. The fraction of sp³-hybridized carbons (Fsp3) is 0.417. The third kappa shape index (κ3) is 3.36. The lowest BCUT2D eigenvalue weighted by atomic mass is 10.2. The van der Waals surface area contributed by atoms with Crippen LogP contribution in [0.3, 0.4) is 0 Å². The quantitative estimate of drug-likeness (QED) is 0.902. The minimum atomic E-state index is -0.985. The number of benzene rings is 1. The molecule has 92 valence electrons. The van der Waals surface area contributed by atoms with Gasteiger partial charge in [-0.2, -0.15) is 0 Å². The molecule has 0 radical (unpaired) electrons. The van der Waals surface area contributed by atoms with Gasteiger partial charge in [-0.25, -0.2) is 4.79 Å². The summed E-state index contributed by atoms with van der Waals surface area (Å²) < 4.78 is 6.79. The zero-order chi connectivity index (χ0) is 12.3. The molecule has 0 aromatic heterocycles. The topological polar surface area (TPSA) is 58.6 Å². The summed E-state index contributed by atoms with van der Waals surface area (Å²) >= 11 is 3.36. The molecule has 17 heavy (non-hydrogen) atoms. The van der Waals surface area contributed by atoms with Crippen molar-refractivity contribution in [3.63, 3.8) is 0 Å². The second-order valence-electron chi connectivity index (χ2n) is 4.10. The molecule has 1 aromatic carbocycles. The highest BCUT2D eigenvalue weighted by atomic mass is 79.9. The van der Waals surface area contributed by atoms with E-state index in [0.717, 1.165) is 29.5 Å². The zero-order valence-corrected chi connectivity index (χ0v) is 10.8. The van der Waals surface area contributed by atoms with E-state index < -0.39 is 6.09 Å². The Kier molecular flexibility index (Phi) is 3.89. The molecule has 1 aromatic rings. The van der Waals surface area contributed by atoms with Gasteiger partial charge >= 0.3 is 6.09 Å². The van der Waals surface area contributed by atoms with Gasteiger partial charge in [0.2, 0.25) is 0 Å². The third-order valence-corrected chi connectivity index (χ3v) is 3.39. The van der Waals surface area contributed by atoms with Crippen molar-refractivity contribution in [2.75, 3.05) is 0 Å². The molecule has 2 rings (SSSR count). The normalized spacial score (nSPS) is 23.4. The number of hydrogen-bond donors (Lipinski definition) is 2. The number of carboxylic acid groups (broad SMARTS) is 1. The highest BCUT2D eigenvalue weighted by Crippen LogP contribution is 2.25. The van der Waals surface area contributed by atoms with Crippen molar-refractivity contribution in [1.29, 1.82) is 0 Å². The van der Waals surface area contributed by atoms with Gasteiger partial charge in [-0.3, -0.25) is 0 Å². The number of halogens is 1. The lowest BCUT2D eigenvalue weighted by Crippen LogP contribution is -2.41. The Bertz CT molecular complexity index is 393. The van der Waals surface area contributed by atoms with Crippen LogP contribution >= 0.6 is 15.9 Å². The van der Waals surface area contributed by atoms with Crippen LogP contribution in [0.5, 0.6) is 5.75 Å². The molecule has 1 amide bonds. The van der Waals surface area contributed by atoms with Gasteiger partial charge in [0.1, 0.15) is 11.9 Å². The van der Waals surface area contributed by atoms with Gasteiger partial charge in [-0.05, 0) is 43.5 Å². The van der Waals surface area contributed by atoms with Gasteiger partial charge in [-0.15, -0.1) is 0 Å². The Balaban J connectivity index is 1.97. The molecule has 0 spiro atoms. The molecule has 1 aliphatic carbocycles. The van der Waals surface area contributed by atoms with E-state index in [0.29, 0.717) is 0 Å². The molecule has 1 aliphatic rings. The third-order valence-electron chi connectivity index (χ3n) is 2.86.